The van der Waals surface area contributed by atoms with E-state index in [9.17, 15) is 8.78 Å². The van der Waals surface area contributed by atoms with Gasteiger partial charge in [-0.25, -0.2) is 8.78 Å². The molecule has 0 spiro atoms. The van der Waals surface area contributed by atoms with Crippen molar-refractivity contribution in [1.29, 1.82) is 0 Å². The van der Waals surface area contributed by atoms with Crippen molar-refractivity contribution >= 4 is 5.69 Å². The summed E-state index contributed by atoms with van der Waals surface area (Å²) in [4.78, 5) is 2.06. The van der Waals surface area contributed by atoms with Crippen LogP contribution in [0.25, 0.3) is 11.1 Å². The molecule has 1 aromatic carbocycles. The quantitative estimate of drug-likeness (QED) is 0.835. The van der Waals surface area contributed by atoms with Crippen LogP contribution < -0.4 is 4.90 Å². The molecule has 0 bridgehead atoms. The van der Waals surface area contributed by atoms with E-state index in [4.69, 9.17) is 0 Å². The molecule has 3 rings (SSSR count). The molecule has 0 fully saturated rings. The van der Waals surface area contributed by atoms with Gasteiger partial charge in [0.1, 0.15) is 0 Å². The molecule has 22 heavy (non-hydrogen) atoms. The zero-order valence-corrected chi connectivity index (χ0v) is 13.2. The molecule has 0 unspecified atom stereocenters. The zero-order valence-electron chi connectivity index (χ0n) is 13.2. The molecule has 0 saturated heterocycles. The standard InChI is InChI=1S/C17H21F2N3/c1-11(2)22-10-13(9-20-22)14-7-12-5-4-6-21(3)16(12)8-15(14)17(18)19/h7-11,17H,4-6H2,1-3H3. The maximum absolute atomic E-state index is 13.5. The molecule has 1 aromatic heterocycles. The molecule has 1 aliphatic rings. The van der Waals surface area contributed by atoms with Gasteiger partial charge in [0.05, 0.1) is 6.20 Å². The van der Waals surface area contributed by atoms with E-state index in [1.165, 1.54) is 0 Å². The minimum Gasteiger partial charge on any atom is -0.374 e. The van der Waals surface area contributed by atoms with Crippen LogP contribution >= 0.6 is 0 Å². The van der Waals surface area contributed by atoms with Crippen molar-refractivity contribution < 1.29 is 8.78 Å². The molecule has 0 atom stereocenters. The van der Waals surface area contributed by atoms with E-state index in [2.05, 4.69) is 10.00 Å². The van der Waals surface area contributed by atoms with Crippen LogP contribution in [0.2, 0.25) is 0 Å². The Hall–Kier alpha value is -1.91. The average molecular weight is 305 g/mol. The van der Waals surface area contributed by atoms with Gasteiger partial charge in [0, 0.05) is 42.6 Å². The second kappa shape index (κ2) is 5.71. The average Bonchev–Trinajstić information content (AvgIpc) is 2.96. The van der Waals surface area contributed by atoms with E-state index in [1.807, 2.05) is 33.2 Å². The predicted molar refractivity (Wildman–Crippen MR) is 84.6 cm³/mol. The Bertz CT molecular complexity index is 677. The number of halogens is 2. The molecule has 2 aromatic rings. The van der Waals surface area contributed by atoms with Gasteiger partial charge in [-0.3, -0.25) is 4.68 Å². The summed E-state index contributed by atoms with van der Waals surface area (Å²) in [6.07, 6.45) is 3.04. The van der Waals surface area contributed by atoms with Crippen molar-refractivity contribution in [2.75, 3.05) is 18.5 Å². The third-order valence-corrected chi connectivity index (χ3v) is 4.28. The lowest BCUT2D eigenvalue weighted by molar-refractivity contribution is 0.152. The first kappa shape index (κ1) is 15.0. The number of nitrogens with zero attached hydrogens (tertiary/aromatic N) is 3. The molecule has 5 heteroatoms. The molecule has 0 amide bonds. The van der Waals surface area contributed by atoms with Crippen LogP contribution in [0.15, 0.2) is 24.5 Å². The van der Waals surface area contributed by atoms with E-state index in [0.717, 1.165) is 36.2 Å². The second-order valence-corrected chi connectivity index (χ2v) is 6.20. The van der Waals surface area contributed by atoms with Crippen LogP contribution in [0.3, 0.4) is 0 Å². The number of aromatic nitrogens is 2. The first-order valence-corrected chi connectivity index (χ1v) is 7.68. The Morgan fingerprint density at radius 3 is 2.64 bits per heavy atom. The van der Waals surface area contributed by atoms with E-state index in [0.29, 0.717) is 5.56 Å². The van der Waals surface area contributed by atoms with Crippen LogP contribution in [-0.2, 0) is 6.42 Å². The number of hydrogen-bond donors (Lipinski definition) is 0. The summed E-state index contributed by atoms with van der Waals surface area (Å²) >= 11 is 0. The van der Waals surface area contributed by atoms with Crippen molar-refractivity contribution in [3.05, 3.63) is 35.7 Å². The summed E-state index contributed by atoms with van der Waals surface area (Å²) in [7, 11) is 1.96. The molecule has 2 heterocycles. The molecule has 0 aliphatic carbocycles. The van der Waals surface area contributed by atoms with Crippen LogP contribution in [0.4, 0.5) is 14.5 Å². The molecular formula is C17H21F2N3. The maximum atomic E-state index is 13.5. The Morgan fingerprint density at radius 1 is 1.23 bits per heavy atom. The molecule has 0 radical (unpaired) electrons. The first-order valence-electron chi connectivity index (χ1n) is 7.68. The highest BCUT2D eigenvalue weighted by molar-refractivity contribution is 5.73. The van der Waals surface area contributed by atoms with Gasteiger partial charge in [-0.05, 0) is 49.9 Å². The van der Waals surface area contributed by atoms with E-state index < -0.39 is 6.43 Å². The monoisotopic (exact) mass is 305 g/mol. The Labute approximate surface area is 129 Å². The summed E-state index contributed by atoms with van der Waals surface area (Å²) in [6.45, 7) is 4.96. The highest BCUT2D eigenvalue weighted by Gasteiger charge is 2.22. The van der Waals surface area contributed by atoms with Crippen molar-refractivity contribution in [3.63, 3.8) is 0 Å². The molecule has 0 N–H and O–H groups in total. The van der Waals surface area contributed by atoms with Crippen LogP contribution in [0, 0.1) is 0 Å². The van der Waals surface area contributed by atoms with Gasteiger partial charge in [0.15, 0.2) is 0 Å². The Balaban J connectivity index is 2.12. The Kier molecular flexibility index (Phi) is 3.89. The minimum atomic E-state index is -2.49. The van der Waals surface area contributed by atoms with Crippen LogP contribution in [-0.4, -0.2) is 23.4 Å². The number of fused-ring (bicyclic) bond motifs is 1. The van der Waals surface area contributed by atoms with Crippen molar-refractivity contribution in [3.8, 4) is 11.1 Å². The molecule has 3 nitrogen and oxygen atoms in total. The van der Waals surface area contributed by atoms with Gasteiger partial charge in [0.2, 0.25) is 0 Å². The number of alkyl halides is 2. The fourth-order valence-corrected chi connectivity index (χ4v) is 3.02. The summed E-state index contributed by atoms with van der Waals surface area (Å²) in [5, 5.41) is 4.28. The van der Waals surface area contributed by atoms with Crippen molar-refractivity contribution in [2.24, 2.45) is 0 Å². The smallest absolute Gasteiger partial charge is 0.264 e. The highest BCUT2D eigenvalue weighted by atomic mass is 19.3. The molecular weight excluding hydrogens is 284 g/mol. The third kappa shape index (κ3) is 2.60. The summed E-state index contributed by atoms with van der Waals surface area (Å²) in [5.74, 6) is 0. The van der Waals surface area contributed by atoms with Gasteiger partial charge in [0.25, 0.3) is 6.43 Å². The zero-order chi connectivity index (χ0) is 15.9. The van der Waals surface area contributed by atoms with Gasteiger partial charge in [-0.2, -0.15) is 5.10 Å². The molecule has 0 saturated carbocycles. The number of hydrogen-bond acceptors (Lipinski definition) is 2. The first-order chi connectivity index (χ1) is 10.5. The van der Waals surface area contributed by atoms with E-state index >= 15 is 0 Å². The Morgan fingerprint density at radius 2 is 2.00 bits per heavy atom. The van der Waals surface area contributed by atoms with Gasteiger partial charge in [-0.15, -0.1) is 0 Å². The summed E-state index contributed by atoms with van der Waals surface area (Å²) < 4.78 is 28.9. The highest BCUT2D eigenvalue weighted by Crippen LogP contribution is 2.38. The lowest BCUT2D eigenvalue weighted by Gasteiger charge is -2.29. The second-order valence-electron chi connectivity index (χ2n) is 6.20. The van der Waals surface area contributed by atoms with Gasteiger partial charge in [-0.1, -0.05) is 0 Å². The largest absolute Gasteiger partial charge is 0.374 e. The van der Waals surface area contributed by atoms with E-state index in [-0.39, 0.29) is 11.6 Å². The fourth-order valence-electron chi connectivity index (χ4n) is 3.02. The SMILES string of the molecule is CC(C)n1cc(-c2cc3c(cc2C(F)F)N(C)CCC3)cn1. The van der Waals surface area contributed by atoms with E-state index in [1.54, 1.807) is 16.9 Å². The van der Waals surface area contributed by atoms with Gasteiger partial charge < -0.3 is 4.90 Å². The topological polar surface area (TPSA) is 21.1 Å². The fraction of sp³-hybridized carbons (Fsp3) is 0.471. The number of aryl methyl sites for hydroxylation is 1. The number of anilines is 1. The molecule has 118 valence electrons. The van der Waals surface area contributed by atoms with Gasteiger partial charge >= 0.3 is 0 Å². The third-order valence-electron chi connectivity index (χ3n) is 4.28. The molecule has 1 aliphatic heterocycles. The lowest BCUT2D eigenvalue weighted by Crippen LogP contribution is -2.25. The predicted octanol–water partition coefficient (Wildman–Crippen LogP) is 4.45. The van der Waals surface area contributed by atoms with Crippen LogP contribution in [0.5, 0.6) is 0 Å². The number of rotatable bonds is 3. The lowest BCUT2D eigenvalue weighted by atomic mass is 9.93. The summed E-state index contributed by atoms with van der Waals surface area (Å²) in [5.41, 5.74) is 3.54. The summed E-state index contributed by atoms with van der Waals surface area (Å²) in [6, 6.07) is 3.79. The maximum Gasteiger partial charge on any atom is 0.264 e. The minimum absolute atomic E-state index is 0.0933. The van der Waals surface area contributed by atoms with Crippen molar-refractivity contribution in [1.82, 2.24) is 9.78 Å². The number of benzene rings is 1. The van der Waals surface area contributed by atoms with Crippen molar-refractivity contribution in [2.45, 2.75) is 39.2 Å². The normalized spacial score (nSPS) is 14.8. The van der Waals surface area contributed by atoms with Crippen LogP contribution in [0.1, 0.15) is 43.9 Å².